The van der Waals surface area contributed by atoms with E-state index < -0.39 is 9.84 Å². The Kier molecular flexibility index (Phi) is 6.16. The molecule has 6 nitrogen and oxygen atoms in total. The van der Waals surface area contributed by atoms with E-state index in [0.717, 1.165) is 0 Å². The number of nitrogens with zero attached hydrogens (tertiary/aromatic N) is 2. The van der Waals surface area contributed by atoms with Gasteiger partial charge in [-0.15, -0.1) is 0 Å². The van der Waals surface area contributed by atoms with Crippen molar-refractivity contribution in [3.63, 3.8) is 0 Å². The van der Waals surface area contributed by atoms with Gasteiger partial charge < -0.3 is 9.64 Å². The number of benzene rings is 1. The summed E-state index contributed by atoms with van der Waals surface area (Å²) in [5.74, 6) is 0.310. The molecule has 1 heterocycles. The minimum atomic E-state index is -3.68. The minimum Gasteiger partial charge on any atom is -0.462 e. The molecule has 1 aliphatic heterocycles. The Morgan fingerprint density at radius 1 is 1.21 bits per heavy atom. The molecule has 0 radical (unpaired) electrons. The van der Waals surface area contributed by atoms with Crippen molar-refractivity contribution in [2.75, 3.05) is 20.6 Å². The first-order valence-corrected chi connectivity index (χ1v) is 10.6. The van der Waals surface area contributed by atoms with E-state index in [9.17, 15) is 13.2 Å². The average Bonchev–Trinajstić information content (AvgIpc) is 2.72. The van der Waals surface area contributed by atoms with Crippen molar-refractivity contribution < 1.29 is 17.9 Å². The van der Waals surface area contributed by atoms with Crippen LogP contribution in [0.4, 0.5) is 0 Å². The fourth-order valence-electron chi connectivity index (χ4n) is 2.99. The van der Waals surface area contributed by atoms with Crippen LogP contribution in [-0.4, -0.2) is 44.8 Å². The summed E-state index contributed by atoms with van der Waals surface area (Å²) in [6.45, 7) is 0.631. The molecule has 1 aromatic carbocycles. The van der Waals surface area contributed by atoms with Crippen LogP contribution in [0.2, 0.25) is 0 Å². The summed E-state index contributed by atoms with van der Waals surface area (Å²) in [4.78, 5) is 16.3. The van der Waals surface area contributed by atoms with Gasteiger partial charge >= 0.3 is 0 Å². The highest BCUT2D eigenvalue weighted by Crippen LogP contribution is 2.34. The van der Waals surface area contributed by atoms with Gasteiger partial charge in [-0.1, -0.05) is 24.3 Å². The number of amides is 1. The Labute approximate surface area is 166 Å². The molecule has 7 heteroatoms. The minimum absolute atomic E-state index is 0.0785. The Morgan fingerprint density at radius 3 is 2.68 bits per heavy atom. The maximum absolute atomic E-state index is 13.1. The molecule has 148 valence electrons. The van der Waals surface area contributed by atoms with Crippen LogP contribution < -0.4 is 0 Å². The van der Waals surface area contributed by atoms with Crippen molar-refractivity contribution >= 4 is 15.7 Å². The third kappa shape index (κ3) is 4.43. The van der Waals surface area contributed by atoms with Gasteiger partial charge in [-0.05, 0) is 45.1 Å². The van der Waals surface area contributed by atoms with Crippen LogP contribution in [0.25, 0.3) is 0 Å². The van der Waals surface area contributed by atoms with Crippen LogP contribution in [0.15, 0.2) is 82.3 Å². The fourth-order valence-corrected chi connectivity index (χ4v) is 4.56. The SMILES string of the molecule is CN(C)CCC(=O)N1C=COC(C2=C(S(=O)(=O)c3ccccc3)C=CCC2)=C1. The normalized spacial score (nSPS) is 17.0. The molecule has 3 rings (SSSR count). The second-order valence-corrected chi connectivity index (χ2v) is 8.77. The zero-order valence-electron chi connectivity index (χ0n) is 16.0. The number of hydrogen-bond donors (Lipinski definition) is 0. The van der Waals surface area contributed by atoms with Crippen LogP contribution in [0.1, 0.15) is 19.3 Å². The third-order valence-corrected chi connectivity index (χ3v) is 6.36. The number of carbonyl (C=O) groups excluding carboxylic acids is 1. The number of ether oxygens (including phenoxy) is 1. The van der Waals surface area contributed by atoms with Crippen molar-refractivity contribution in [2.45, 2.75) is 24.2 Å². The maximum Gasteiger partial charge on any atom is 0.232 e. The zero-order chi connectivity index (χ0) is 20.1. The molecule has 1 aliphatic carbocycles. The monoisotopic (exact) mass is 400 g/mol. The van der Waals surface area contributed by atoms with Crippen LogP contribution >= 0.6 is 0 Å². The van der Waals surface area contributed by atoms with Crippen LogP contribution in [0.5, 0.6) is 0 Å². The van der Waals surface area contributed by atoms with Crippen molar-refractivity contribution in [3.05, 3.63) is 77.4 Å². The van der Waals surface area contributed by atoms with E-state index in [0.29, 0.717) is 37.1 Å². The summed E-state index contributed by atoms with van der Waals surface area (Å²) in [5.41, 5.74) is 0.584. The van der Waals surface area contributed by atoms with Crippen LogP contribution in [0.3, 0.4) is 0 Å². The summed E-state index contributed by atoms with van der Waals surface area (Å²) in [6.07, 6.45) is 9.61. The predicted molar refractivity (Wildman–Crippen MR) is 107 cm³/mol. The van der Waals surface area contributed by atoms with Gasteiger partial charge in [0, 0.05) is 24.7 Å². The summed E-state index contributed by atoms with van der Waals surface area (Å²) in [6, 6.07) is 8.33. The van der Waals surface area contributed by atoms with Gasteiger partial charge in [-0.2, -0.15) is 0 Å². The molecule has 0 atom stereocenters. The molecule has 0 spiro atoms. The largest absolute Gasteiger partial charge is 0.462 e. The first-order chi connectivity index (χ1) is 13.4. The van der Waals surface area contributed by atoms with Gasteiger partial charge in [-0.3, -0.25) is 9.69 Å². The molecule has 28 heavy (non-hydrogen) atoms. The smallest absolute Gasteiger partial charge is 0.232 e. The summed E-state index contributed by atoms with van der Waals surface area (Å²) >= 11 is 0. The average molecular weight is 401 g/mol. The lowest BCUT2D eigenvalue weighted by Crippen LogP contribution is -2.27. The lowest BCUT2D eigenvalue weighted by Gasteiger charge is -2.24. The van der Waals surface area contributed by atoms with Crippen molar-refractivity contribution in [1.29, 1.82) is 0 Å². The van der Waals surface area contributed by atoms with Gasteiger partial charge in [-0.25, -0.2) is 8.42 Å². The molecule has 1 aromatic rings. The molecule has 0 unspecified atom stereocenters. The first kappa shape index (κ1) is 20.1. The van der Waals surface area contributed by atoms with Gasteiger partial charge in [0.2, 0.25) is 15.7 Å². The predicted octanol–water partition coefficient (Wildman–Crippen LogP) is 3.19. The molecule has 2 aliphatic rings. The third-order valence-electron chi connectivity index (χ3n) is 4.50. The molecule has 0 aromatic heterocycles. The molecule has 1 amide bonds. The Morgan fingerprint density at radius 2 is 1.96 bits per heavy atom. The maximum atomic E-state index is 13.1. The highest BCUT2D eigenvalue weighted by molar-refractivity contribution is 7.95. The molecule has 0 N–H and O–H groups in total. The summed E-state index contributed by atoms with van der Waals surface area (Å²) < 4.78 is 31.9. The number of hydrogen-bond acceptors (Lipinski definition) is 5. The zero-order valence-corrected chi connectivity index (χ0v) is 16.9. The second kappa shape index (κ2) is 8.58. The summed E-state index contributed by atoms with van der Waals surface area (Å²) in [5, 5.41) is 0. The summed E-state index contributed by atoms with van der Waals surface area (Å²) in [7, 11) is 0.131. The van der Waals surface area contributed by atoms with Gasteiger partial charge in [0.25, 0.3) is 0 Å². The van der Waals surface area contributed by atoms with E-state index in [1.807, 2.05) is 25.1 Å². The van der Waals surface area contributed by atoms with Crippen molar-refractivity contribution in [2.24, 2.45) is 0 Å². The molecular weight excluding hydrogens is 376 g/mol. The number of carbonyl (C=O) groups is 1. The van der Waals surface area contributed by atoms with Crippen LogP contribution in [0, 0.1) is 0 Å². The van der Waals surface area contributed by atoms with E-state index in [2.05, 4.69) is 0 Å². The number of allylic oxidation sites excluding steroid dienone is 3. The van der Waals surface area contributed by atoms with Crippen LogP contribution in [-0.2, 0) is 19.4 Å². The van der Waals surface area contributed by atoms with Crippen molar-refractivity contribution in [3.8, 4) is 0 Å². The lowest BCUT2D eigenvalue weighted by atomic mass is 10.0. The Balaban J connectivity index is 1.95. The number of rotatable bonds is 6. The van der Waals surface area contributed by atoms with E-state index in [4.69, 9.17) is 4.74 Å². The topological polar surface area (TPSA) is 66.9 Å². The first-order valence-electron chi connectivity index (χ1n) is 9.11. The Bertz CT molecular complexity index is 957. The number of sulfone groups is 1. The van der Waals surface area contributed by atoms with E-state index in [-0.39, 0.29) is 15.7 Å². The fraction of sp³-hybridized carbons (Fsp3) is 0.286. The second-order valence-electron chi connectivity index (χ2n) is 6.85. The van der Waals surface area contributed by atoms with Gasteiger partial charge in [0.1, 0.15) is 12.0 Å². The molecule has 0 bridgehead atoms. The standard InChI is InChI=1S/C21H24N2O4S/c1-22(2)13-12-21(24)23-14-15-27-19(16-23)18-10-6-7-11-20(18)28(25,26)17-8-4-3-5-9-17/h3-5,7-9,11,14-16H,6,10,12-13H2,1-2H3. The highest BCUT2D eigenvalue weighted by Gasteiger charge is 2.27. The molecule has 0 fully saturated rings. The lowest BCUT2D eigenvalue weighted by molar-refractivity contribution is -0.127. The van der Waals surface area contributed by atoms with E-state index in [1.54, 1.807) is 48.8 Å². The van der Waals surface area contributed by atoms with Crippen molar-refractivity contribution in [1.82, 2.24) is 9.80 Å². The van der Waals surface area contributed by atoms with Gasteiger partial charge in [0.15, 0.2) is 0 Å². The Hall–Kier alpha value is -2.64. The molecule has 0 saturated carbocycles. The van der Waals surface area contributed by atoms with Gasteiger partial charge in [0.05, 0.1) is 16.0 Å². The quantitative estimate of drug-likeness (QED) is 0.734. The van der Waals surface area contributed by atoms with E-state index in [1.165, 1.54) is 11.2 Å². The molecule has 0 saturated heterocycles. The van der Waals surface area contributed by atoms with E-state index >= 15 is 0 Å². The molecular formula is C21H24N2O4S. The highest BCUT2D eigenvalue weighted by atomic mass is 32.2.